The number of rotatable bonds is 0. The Kier molecular flexibility index (Phi) is 1.96. The number of hydrogen-bond donors (Lipinski definition) is 0. The Bertz CT molecular complexity index is 407. The SMILES string of the molecule is C/C=C1\OC(=O)c2cccc(Br)c21. The molecule has 13 heavy (non-hydrogen) atoms. The number of cyclic esters (lactones) is 1. The van der Waals surface area contributed by atoms with Gasteiger partial charge in [0, 0.05) is 10.0 Å². The summed E-state index contributed by atoms with van der Waals surface area (Å²) in [6.45, 7) is 1.84. The molecular weight excluding hydrogens is 232 g/mol. The lowest BCUT2D eigenvalue weighted by atomic mass is 10.1. The van der Waals surface area contributed by atoms with Gasteiger partial charge in [-0.3, -0.25) is 0 Å². The van der Waals surface area contributed by atoms with Gasteiger partial charge in [0.2, 0.25) is 0 Å². The standard InChI is InChI=1S/C10H7BrO2/c1-2-8-9-6(10(12)13-8)4-3-5-7(9)11/h2-5H,1H3/b8-2-. The van der Waals surface area contributed by atoms with E-state index in [1.54, 1.807) is 12.1 Å². The monoisotopic (exact) mass is 238 g/mol. The second-order valence-electron chi connectivity index (χ2n) is 2.70. The molecule has 0 aliphatic carbocycles. The quantitative estimate of drug-likeness (QED) is 0.650. The zero-order valence-corrected chi connectivity index (χ0v) is 8.59. The Morgan fingerprint density at radius 2 is 2.23 bits per heavy atom. The molecule has 0 N–H and O–H groups in total. The molecule has 2 rings (SSSR count). The van der Waals surface area contributed by atoms with Crippen molar-refractivity contribution in [3.63, 3.8) is 0 Å². The van der Waals surface area contributed by atoms with Gasteiger partial charge in [-0.2, -0.15) is 0 Å². The van der Waals surface area contributed by atoms with E-state index in [2.05, 4.69) is 15.9 Å². The molecule has 66 valence electrons. The van der Waals surface area contributed by atoms with Crippen LogP contribution in [0.4, 0.5) is 0 Å². The van der Waals surface area contributed by atoms with Crippen molar-refractivity contribution >= 4 is 27.7 Å². The molecule has 0 unspecified atom stereocenters. The Morgan fingerprint density at radius 1 is 1.46 bits per heavy atom. The Labute approximate surface area is 84.3 Å². The minimum Gasteiger partial charge on any atom is -0.423 e. The van der Waals surface area contributed by atoms with E-state index in [0.717, 1.165) is 10.0 Å². The summed E-state index contributed by atoms with van der Waals surface area (Å²) in [5.74, 6) is 0.358. The number of hydrogen-bond acceptors (Lipinski definition) is 2. The summed E-state index contributed by atoms with van der Waals surface area (Å²) in [5, 5.41) is 0. The third-order valence-electron chi connectivity index (χ3n) is 1.94. The molecule has 0 amide bonds. The van der Waals surface area contributed by atoms with E-state index in [1.807, 2.05) is 19.1 Å². The lowest BCUT2D eigenvalue weighted by molar-refractivity contribution is 0.0715. The van der Waals surface area contributed by atoms with Gasteiger partial charge in [-0.15, -0.1) is 0 Å². The molecule has 0 saturated carbocycles. The van der Waals surface area contributed by atoms with E-state index in [4.69, 9.17) is 4.74 Å². The highest BCUT2D eigenvalue weighted by Gasteiger charge is 2.27. The molecule has 3 heteroatoms. The predicted molar refractivity (Wildman–Crippen MR) is 53.2 cm³/mol. The number of fused-ring (bicyclic) bond motifs is 1. The van der Waals surface area contributed by atoms with E-state index in [0.29, 0.717) is 11.3 Å². The van der Waals surface area contributed by atoms with Crippen LogP contribution < -0.4 is 0 Å². The zero-order chi connectivity index (χ0) is 9.42. The zero-order valence-electron chi connectivity index (χ0n) is 7.00. The molecule has 0 radical (unpaired) electrons. The fourth-order valence-corrected chi connectivity index (χ4v) is 1.92. The molecule has 1 aromatic rings. The first-order valence-electron chi connectivity index (χ1n) is 3.91. The molecule has 0 bridgehead atoms. The van der Waals surface area contributed by atoms with E-state index in [1.165, 1.54) is 0 Å². The van der Waals surface area contributed by atoms with E-state index >= 15 is 0 Å². The average molecular weight is 239 g/mol. The van der Waals surface area contributed by atoms with Gasteiger partial charge in [-0.25, -0.2) is 4.79 Å². The lowest BCUT2D eigenvalue weighted by Gasteiger charge is -1.98. The van der Waals surface area contributed by atoms with Gasteiger partial charge in [0.25, 0.3) is 0 Å². The van der Waals surface area contributed by atoms with Crippen molar-refractivity contribution in [3.05, 3.63) is 39.9 Å². The number of esters is 1. The molecular formula is C10H7BrO2. The van der Waals surface area contributed by atoms with Crippen LogP contribution in [0.3, 0.4) is 0 Å². The predicted octanol–water partition coefficient (Wildman–Crippen LogP) is 2.98. The maximum atomic E-state index is 11.3. The Morgan fingerprint density at radius 3 is 2.92 bits per heavy atom. The second kappa shape index (κ2) is 3.00. The molecule has 0 atom stereocenters. The summed E-state index contributed by atoms with van der Waals surface area (Å²) in [7, 11) is 0. The largest absolute Gasteiger partial charge is 0.423 e. The normalized spacial score (nSPS) is 17.4. The first kappa shape index (κ1) is 8.51. The van der Waals surface area contributed by atoms with Crippen LogP contribution in [-0.2, 0) is 4.74 Å². The fourth-order valence-electron chi connectivity index (χ4n) is 1.35. The Hall–Kier alpha value is -1.09. The van der Waals surface area contributed by atoms with E-state index in [-0.39, 0.29) is 5.97 Å². The summed E-state index contributed by atoms with van der Waals surface area (Å²) in [4.78, 5) is 11.3. The molecule has 0 aromatic heterocycles. The summed E-state index contributed by atoms with van der Waals surface area (Å²) in [6, 6.07) is 5.48. The maximum Gasteiger partial charge on any atom is 0.344 e. The number of carbonyl (C=O) groups is 1. The highest BCUT2D eigenvalue weighted by atomic mass is 79.9. The average Bonchev–Trinajstić information content (AvgIpc) is 2.45. The molecule has 1 heterocycles. The van der Waals surface area contributed by atoms with Gasteiger partial charge >= 0.3 is 5.97 Å². The topological polar surface area (TPSA) is 26.3 Å². The van der Waals surface area contributed by atoms with Crippen LogP contribution in [0, 0.1) is 0 Å². The van der Waals surface area contributed by atoms with Crippen LogP contribution in [0.25, 0.3) is 5.76 Å². The van der Waals surface area contributed by atoms with Crippen molar-refractivity contribution < 1.29 is 9.53 Å². The number of ether oxygens (including phenoxy) is 1. The Balaban J connectivity index is 2.73. The lowest BCUT2D eigenvalue weighted by Crippen LogP contribution is -1.92. The summed E-state index contributed by atoms with van der Waals surface area (Å²) in [5.41, 5.74) is 1.48. The minimum absolute atomic E-state index is 0.274. The van der Waals surface area contributed by atoms with E-state index < -0.39 is 0 Å². The maximum absolute atomic E-state index is 11.3. The second-order valence-corrected chi connectivity index (χ2v) is 3.56. The smallest absolute Gasteiger partial charge is 0.344 e. The van der Waals surface area contributed by atoms with Crippen LogP contribution in [0.5, 0.6) is 0 Å². The number of halogens is 1. The van der Waals surface area contributed by atoms with Crippen molar-refractivity contribution in [2.24, 2.45) is 0 Å². The molecule has 0 fully saturated rings. The third kappa shape index (κ3) is 1.20. The van der Waals surface area contributed by atoms with Crippen molar-refractivity contribution in [3.8, 4) is 0 Å². The van der Waals surface area contributed by atoms with Gasteiger partial charge in [0.1, 0.15) is 5.76 Å². The number of allylic oxidation sites excluding steroid dienone is 1. The molecule has 0 spiro atoms. The first-order chi connectivity index (χ1) is 6.24. The minimum atomic E-state index is -0.274. The van der Waals surface area contributed by atoms with Crippen molar-refractivity contribution in [1.29, 1.82) is 0 Å². The number of carbonyl (C=O) groups excluding carboxylic acids is 1. The van der Waals surface area contributed by atoms with Gasteiger partial charge in [-0.1, -0.05) is 22.0 Å². The van der Waals surface area contributed by atoms with Crippen molar-refractivity contribution in [1.82, 2.24) is 0 Å². The van der Waals surface area contributed by atoms with Crippen LogP contribution in [0.15, 0.2) is 28.7 Å². The fraction of sp³-hybridized carbons (Fsp3) is 0.100. The highest BCUT2D eigenvalue weighted by Crippen LogP contribution is 2.34. The third-order valence-corrected chi connectivity index (χ3v) is 2.61. The summed E-state index contributed by atoms with van der Waals surface area (Å²) in [6.07, 6.45) is 1.79. The number of benzene rings is 1. The van der Waals surface area contributed by atoms with Crippen LogP contribution in [0.1, 0.15) is 22.8 Å². The summed E-state index contributed by atoms with van der Waals surface area (Å²) < 4.78 is 5.95. The molecule has 1 aromatic carbocycles. The molecule has 0 saturated heterocycles. The van der Waals surface area contributed by atoms with E-state index in [9.17, 15) is 4.79 Å². The van der Waals surface area contributed by atoms with Crippen LogP contribution >= 0.6 is 15.9 Å². The van der Waals surface area contributed by atoms with Gasteiger partial charge in [0.15, 0.2) is 0 Å². The molecule has 1 aliphatic heterocycles. The first-order valence-corrected chi connectivity index (χ1v) is 4.70. The van der Waals surface area contributed by atoms with Crippen molar-refractivity contribution in [2.75, 3.05) is 0 Å². The van der Waals surface area contributed by atoms with Gasteiger partial charge in [0.05, 0.1) is 5.56 Å². The summed E-state index contributed by atoms with van der Waals surface area (Å²) >= 11 is 3.38. The highest BCUT2D eigenvalue weighted by molar-refractivity contribution is 9.10. The molecule has 1 aliphatic rings. The molecule has 2 nitrogen and oxygen atoms in total. The van der Waals surface area contributed by atoms with Gasteiger partial charge in [-0.05, 0) is 25.1 Å². The van der Waals surface area contributed by atoms with Crippen LogP contribution in [0.2, 0.25) is 0 Å². The van der Waals surface area contributed by atoms with Crippen molar-refractivity contribution in [2.45, 2.75) is 6.92 Å². The van der Waals surface area contributed by atoms with Gasteiger partial charge < -0.3 is 4.74 Å². The van der Waals surface area contributed by atoms with Crippen LogP contribution in [-0.4, -0.2) is 5.97 Å².